The lowest BCUT2D eigenvalue weighted by Crippen LogP contribution is -1.78. The molecule has 1 aromatic carbocycles. The topological polar surface area (TPSA) is 45.8 Å². The second kappa shape index (κ2) is 2.20. The van der Waals surface area contributed by atoms with Crippen LogP contribution in [0.25, 0.3) is 11.0 Å². The number of nitrogens with one attached hydrogen (secondary N) is 1. The minimum Gasteiger partial charge on any atom is -0.345 e. The number of fused-ring (bicyclic) bond motifs is 1. The molecule has 0 aliphatic carbocycles. The van der Waals surface area contributed by atoms with Crippen molar-refractivity contribution in [1.29, 1.82) is 0 Å². The number of H-pyrrole nitrogens is 1. The van der Waals surface area contributed by atoms with Gasteiger partial charge in [-0.25, -0.2) is 4.98 Å². The number of carbonyl (C=O) groups excluding carboxylic acids is 1. The first-order valence-corrected chi connectivity index (χ1v) is 3.21. The molecule has 1 aromatic heterocycles. The zero-order valence-corrected chi connectivity index (χ0v) is 5.66. The van der Waals surface area contributed by atoms with Crippen LogP contribution >= 0.6 is 0 Å². The highest BCUT2D eigenvalue weighted by Crippen LogP contribution is 2.09. The van der Waals surface area contributed by atoms with E-state index in [1.165, 1.54) is 0 Å². The van der Waals surface area contributed by atoms with Gasteiger partial charge in [-0.05, 0) is 18.2 Å². The maximum atomic E-state index is 10.2. The molecule has 0 atom stereocenters. The van der Waals surface area contributed by atoms with Gasteiger partial charge in [-0.3, -0.25) is 4.79 Å². The Hall–Kier alpha value is -1.64. The standard InChI is InChI=1S/C8H5N2O/c11-4-6-1-2-7-8(3-6)10-5-9-7/h1-3,5H,(H,9,10). The van der Waals surface area contributed by atoms with E-state index in [1.54, 1.807) is 24.7 Å². The molecule has 2 aromatic rings. The molecule has 0 spiro atoms. The Bertz CT molecular complexity index is 392. The van der Waals surface area contributed by atoms with Crippen LogP contribution in [-0.4, -0.2) is 16.3 Å². The quantitative estimate of drug-likeness (QED) is 0.651. The van der Waals surface area contributed by atoms with Crippen molar-refractivity contribution in [1.82, 2.24) is 9.97 Å². The zero-order chi connectivity index (χ0) is 7.68. The largest absolute Gasteiger partial charge is 0.345 e. The molecule has 0 saturated heterocycles. The Morgan fingerprint density at radius 3 is 3.18 bits per heavy atom. The summed E-state index contributed by atoms with van der Waals surface area (Å²) in [6, 6.07) is 5.20. The highest BCUT2D eigenvalue weighted by Gasteiger charge is 1.96. The van der Waals surface area contributed by atoms with Crippen molar-refractivity contribution in [2.24, 2.45) is 0 Å². The van der Waals surface area contributed by atoms with E-state index in [9.17, 15) is 4.79 Å². The van der Waals surface area contributed by atoms with Crippen LogP contribution in [0.15, 0.2) is 24.5 Å². The summed E-state index contributed by atoms with van der Waals surface area (Å²) in [5.41, 5.74) is 2.26. The van der Waals surface area contributed by atoms with Gasteiger partial charge in [0.2, 0.25) is 6.29 Å². The van der Waals surface area contributed by atoms with Crippen molar-refractivity contribution >= 4 is 17.3 Å². The highest BCUT2D eigenvalue weighted by atomic mass is 16.1. The summed E-state index contributed by atoms with van der Waals surface area (Å²) in [6.07, 6.45) is 3.40. The maximum absolute atomic E-state index is 10.2. The third-order valence-corrected chi connectivity index (χ3v) is 1.54. The normalized spacial score (nSPS) is 10.2. The van der Waals surface area contributed by atoms with Crippen LogP contribution in [0.1, 0.15) is 5.56 Å². The molecule has 0 saturated carbocycles. The average molecular weight is 145 g/mol. The van der Waals surface area contributed by atoms with Crippen LogP contribution in [0.4, 0.5) is 0 Å². The SMILES string of the molecule is O=[C]c1ccc2[nH]cnc2c1. The second-order valence-corrected chi connectivity index (χ2v) is 2.24. The summed E-state index contributed by atoms with van der Waals surface area (Å²) < 4.78 is 0. The van der Waals surface area contributed by atoms with E-state index in [4.69, 9.17) is 0 Å². The van der Waals surface area contributed by atoms with Crippen molar-refractivity contribution in [2.45, 2.75) is 0 Å². The third-order valence-electron chi connectivity index (χ3n) is 1.54. The van der Waals surface area contributed by atoms with Crippen LogP contribution in [0.3, 0.4) is 0 Å². The number of imidazole rings is 1. The van der Waals surface area contributed by atoms with Crippen LogP contribution in [-0.2, 0) is 4.79 Å². The Morgan fingerprint density at radius 2 is 2.36 bits per heavy atom. The molecule has 0 aliphatic heterocycles. The van der Waals surface area contributed by atoms with Gasteiger partial charge in [-0.15, -0.1) is 0 Å². The van der Waals surface area contributed by atoms with E-state index in [0.717, 1.165) is 11.0 Å². The van der Waals surface area contributed by atoms with Crippen molar-refractivity contribution in [2.75, 3.05) is 0 Å². The molecule has 0 unspecified atom stereocenters. The Balaban J connectivity index is 2.76. The number of aromatic amines is 1. The van der Waals surface area contributed by atoms with Gasteiger partial charge in [0, 0.05) is 5.56 Å². The van der Waals surface area contributed by atoms with Gasteiger partial charge < -0.3 is 4.98 Å². The lowest BCUT2D eigenvalue weighted by atomic mass is 10.2. The summed E-state index contributed by atoms with van der Waals surface area (Å²) in [5, 5.41) is 0. The fourth-order valence-corrected chi connectivity index (χ4v) is 0.995. The van der Waals surface area contributed by atoms with E-state index >= 15 is 0 Å². The van der Waals surface area contributed by atoms with Crippen molar-refractivity contribution in [3.8, 4) is 0 Å². The van der Waals surface area contributed by atoms with Crippen LogP contribution < -0.4 is 0 Å². The fraction of sp³-hybridized carbons (Fsp3) is 0. The number of benzene rings is 1. The second-order valence-electron chi connectivity index (χ2n) is 2.24. The molecule has 53 valence electrons. The molecule has 1 N–H and O–H groups in total. The van der Waals surface area contributed by atoms with Gasteiger partial charge in [0.1, 0.15) is 0 Å². The molecule has 0 aliphatic rings. The van der Waals surface area contributed by atoms with Gasteiger partial charge in [0.25, 0.3) is 0 Å². The summed E-state index contributed by atoms with van der Waals surface area (Å²) >= 11 is 0. The molecule has 1 radical (unpaired) electrons. The van der Waals surface area contributed by atoms with Crippen LogP contribution in [0, 0.1) is 0 Å². The van der Waals surface area contributed by atoms with Crippen molar-refractivity contribution in [3.05, 3.63) is 30.1 Å². The lowest BCUT2D eigenvalue weighted by molar-refractivity contribution is 0.563. The lowest BCUT2D eigenvalue weighted by Gasteiger charge is -1.87. The molecular formula is C8H5N2O. The van der Waals surface area contributed by atoms with Crippen molar-refractivity contribution < 1.29 is 4.79 Å². The van der Waals surface area contributed by atoms with E-state index in [0.29, 0.717) is 5.56 Å². The minimum absolute atomic E-state index is 0.532. The molecule has 3 heteroatoms. The number of aromatic nitrogens is 2. The molecule has 11 heavy (non-hydrogen) atoms. The number of hydrogen-bond acceptors (Lipinski definition) is 2. The smallest absolute Gasteiger partial charge is 0.233 e. The summed E-state index contributed by atoms with van der Waals surface area (Å²) in [5.74, 6) is 0. The number of nitrogens with zero attached hydrogens (tertiary/aromatic N) is 1. The van der Waals surface area contributed by atoms with E-state index in [1.807, 2.05) is 6.07 Å². The molecule has 0 fully saturated rings. The van der Waals surface area contributed by atoms with Crippen LogP contribution in [0.5, 0.6) is 0 Å². The first-order valence-electron chi connectivity index (χ1n) is 3.21. The van der Waals surface area contributed by atoms with Gasteiger partial charge in [-0.1, -0.05) is 0 Å². The van der Waals surface area contributed by atoms with Gasteiger partial charge >= 0.3 is 0 Å². The highest BCUT2D eigenvalue weighted by molar-refractivity contribution is 5.84. The fourth-order valence-electron chi connectivity index (χ4n) is 0.995. The van der Waals surface area contributed by atoms with E-state index in [-0.39, 0.29) is 0 Å². The zero-order valence-electron chi connectivity index (χ0n) is 5.66. The number of rotatable bonds is 1. The Kier molecular flexibility index (Phi) is 1.22. The molecule has 0 amide bonds. The van der Waals surface area contributed by atoms with E-state index < -0.39 is 0 Å². The predicted molar refractivity (Wildman–Crippen MR) is 40.9 cm³/mol. The average Bonchev–Trinajstić information content (AvgIpc) is 2.50. The first-order chi connectivity index (χ1) is 5.40. The Labute approximate surface area is 63.1 Å². The molecule has 1 heterocycles. The summed E-state index contributed by atoms with van der Waals surface area (Å²) in [6.45, 7) is 0. The maximum Gasteiger partial charge on any atom is 0.233 e. The minimum atomic E-state index is 0.532. The molecule has 3 nitrogen and oxygen atoms in total. The molecular weight excluding hydrogens is 140 g/mol. The predicted octanol–water partition coefficient (Wildman–Crippen LogP) is 1.02. The Morgan fingerprint density at radius 1 is 1.45 bits per heavy atom. The van der Waals surface area contributed by atoms with Gasteiger partial charge in [-0.2, -0.15) is 0 Å². The summed E-state index contributed by atoms with van der Waals surface area (Å²) in [7, 11) is 0. The molecule has 2 rings (SSSR count). The molecule has 0 bridgehead atoms. The number of hydrogen-bond donors (Lipinski definition) is 1. The summed E-state index contributed by atoms with van der Waals surface area (Å²) in [4.78, 5) is 17.1. The first kappa shape index (κ1) is 6.09. The van der Waals surface area contributed by atoms with E-state index in [2.05, 4.69) is 9.97 Å². The van der Waals surface area contributed by atoms with Crippen LogP contribution in [0.2, 0.25) is 0 Å². The monoisotopic (exact) mass is 145 g/mol. The van der Waals surface area contributed by atoms with Gasteiger partial charge in [0.15, 0.2) is 0 Å². The third kappa shape index (κ3) is 0.902. The van der Waals surface area contributed by atoms with Gasteiger partial charge in [0.05, 0.1) is 17.4 Å². The van der Waals surface area contributed by atoms with Crippen molar-refractivity contribution in [3.63, 3.8) is 0 Å².